The predicted octanol–water partition coefficient (Wildman–Crippen LogP) is -3.41. The molecule has 0 spiro atoms. The smallest absolute Gasteiger partial charge is 0.790 e. The van der Waals surface area contributed by atoms with E-state index >= 15 is 0 Å². The van der Waals surface area contributed by atoms with Crippen LogP contribution in [0.1, 0.15) is 84.0 Å². The van der Waals surface area contributed by atoms with Crippen molar-refractivity contribution in [1.82, 2.24) is 0 Å². The van der Waals surface area contributed by atoms with Crippen LogP contribution in [0, 0.1) is 0 Å². The van der Waals surface area contributed by atoms with Gasteiger partial charge >= 0.3 is 65.1 Å². The molecule has 0 saturated heterocycles. The van der Waals surface area contributed by atoms with E-state index in [1.165, 1.54) is 57.8 Å². The Labute approximate surface area is 184 Å². The number of phosphoric acid groups is 1. The van der Waals surface area contributed by atoms with Crippen LogP contribution in [0.2, 0.25) is 0 Å². The molecule has 6 nitrogen and oxygen atoms in total. The third kappa shape index (κ3) is 51.7. The second-order valence-corrected chi connectivity index (χ2v) is 6.08. The molecule has 0 aliphatic carbocycles. The van der Waals surface area contributed by atoms with Gasteiger partial charge in [-0.1, -0.05) is 71.1 Å². The summed E-state index contributed by atoms with van der Waals surface area (Å²) in [5.41, 5.74) is 0. The fourth-order valence-corrected chi connectivity index (χ4v) is 1.94. The Bertz CT molecular complexity index is 278. The van der Waals surface area contributed by atoms with Gasteiger partial charge in [-0.05, 0) is 6.42 Å². The van der Waals surface area contributed by atoms with E-state index in [9.17, 15) is 4.79 Å². The molecule has 0 aromatic rings. The number of carboxylic acids is 1. The van der Waals surface area contributed by atoms with E-state index in [1.807, 2.05) is 0 Å². The van der Waals surface area contributed by atoms with Crippen LogP contribution >= 0.6 is 7.82 Å². The molecule has 0 unspecified atom stereocenters. The third-order valence-corrected chi connectivity index (χ3v) is 2.99. The van der Waals surface area contributed by atoms with E-state index in [0.29, 0.717) is 6.42 Å². The number of carbonyl (C=O) groups is 1. The molecule has 0 rings (SSSR count). The molecule has 2 N–H and O–H groups in total. The van der Waals surface area contributed by atoms with Crippen molar-refractivity contribution in [2.45, 2.75) is 84.0 Å². The monoisotopic (exact) mass is 370 g/mol. The number of aliphatic carboxylic acids is 1. The van der Waals surface area contributed by atoms with Crippen molar-refractivity contribution in [3.05, 3.63) is 0 Å². The van der Waals surface area contributed by atoms with Crippen molar-refractivity contribution in [3.63, 3.8) is 0 Å². The van der Waals surface area contributed by atoms with Gasteiger partial charge in [0.05, 0.1) is 7.82 Å². The summed E-state index contributed by atoms with van der Waals surface area (Å²) in [5.74, 6) is -0.657. The molecule has 0 amide bonds. The fourth-order valence-electron chi connectivity index (χ4n) is 1.94. The number of hydrogen-bond acceptors (Lipinski definition) is 4. The van der Waals surface area contributed by atoms with Crippen molar-refractivity contribution >= 4 is 13.8 Å². The maximum Gasteiger partial charge on any atom is 1.00 e. The molecule has 0 fully saturated rings. The fraction of sp³-hybridized carbons (Fsp3) is 0.929. The first kappa shape index (κ1) is 32.3. The van der Waals surface area contributed by atoms with Crippen LogP contribution in [0.4, 0.5) is 0 Å². The molecule has 0 aliphatic rings. The standard InChI is InChI=1S/C14H28O2.2Na.H3O4P/c1-2-3-4-5-6-7-8-9-10-11-12-13-14(15)16;;;1-5(2,3)4/h2-13H2,1H3,(H,15,16);;;(H3,1,2,3,4)/q;2*+1;/p-2. The minimum Gasteiger partial charge on any atom is -0.790 e. The molecule has 0 radical (unpaired) electrons. The summed E-state index contributed by atoms with van der Waals surface area (Å²) in [7, 11) is -5.14. The molecular weight excluding hydrogens is 341 g/mol. The van der Waals surface area contributed by atoms with Crippen LogP contribution < -0.4 is 68.9 Å². The molecule has 0 bridgehead atoms. The zero-order chi connectivity index (χ0) is 16.6. The molecule has 0 aromatic heterocycles. The van der Waals surface area contributed by atoms with Gasteiger partial charge in [-0.2, -0.15) is 0 Å². The first-order chi connectivity index (χ1) is 9.77. The van der Waals surface area contributed by atoms with E-state index in [2.05, 4.69) is 6.92 Å². The van der Waals surface area contributed by atoms with Crippen molar-refractivity contribution in [2.75, 3.05) is 0 Å². The summed E-state index contributed by atoms with van der Waals surface area (Å²) in [6.07, 6.45) is 14.4. The van der Waals surface area contributed by atoms with Crippen molar-refractivity contribution in [3.8, 4) is 0 Å². The minimum atomic E-state index is -5.14. The van der Waals surface area contributed by atoms with Gasteiger partial charge in [-0.3, -0.25) is 4.79 Å². The van der Waals surface area contributed by atoms with E-state index in [4.69, 9.17) is 24.4 Å². The average molecular weight is 370 g/mol. The van der Waals surface area contributed by atoms with Gasteiger partial charge in [-0.15, -0.1) is 0 Å². The van der Waals surface area contributed by atoms with Crippen molar-refractivity contribution in [1.29, 1.82) is 0 Å². The molecule has 0 aromatic carbocycles. The van der Waals surface area contributed by atoms with Crippen LogP contribution in [-0.4, -0.2) is 16.0 Å². The number of hydrogen-bond donors (Lipinski definition) is 2. The second kappa shape index (κ2) is 23.6. The minimum absolute atomic E-state index is 0. The maximum atomic E-state index is 10.3. The molecule has 9 heteroatoms. The third-order valence-electron chi connectivity index (χ3n) is 2.99. The first-order valence-corrected chi connectivity index (χ1v) is 9.23. The topological polar surface area (TPSA) is 121 Å². The maximum absolute atomic E-state index is 10.3. The summed E-state index contributed by atoms with van der Waals surface area (Å²) in [6.45, 7) is 2.25. The van der Waals surface area contributed by atoms with Gasteiger partial charge in [0, 0.05) is 6.42 Å². The average Bonchev–Trinajstić information content (AvgIpc) is 2.33. The van der Waals surface area contributed by atoms with E-state index in [0.717, 1.165) is 12.8 Å². The Kier molecular flexibility index (Phi) is 33.1. The van der Waals surface area contributed by atoms with Crippen LogP contribution in [0.5, 0.6) is 0 Å². The molecule has 0 atom stereocenters. The Morgan fingerprint density at radius 3 is 1.35 bits per heavy atom. The second-order valence-electron chi connectivity index (χ2n) is 5.15. The first-order valence-electron chi connectivity index (χ1n) is 7.74. The summed E-state index contributed by atoms with van der Waals surface area (Å²) >= 11 is 0. The van der Waals surface area contributed by atoms with E-state index in [-0.39, 0.29) is 59.1 Å². The Morgan fingerprint density at radius 1 is 0.826 bits per heavy atom. The molecular formula is C14H29Na2O6P. The molecule has 0 saturated carbocycles. The largest absolute Gasteiger partial charge is 1.00 e. The number of carboxylic acid groups (broad SMARTS) is 1. The Morgan fingerprint density at radius 2 is 1.09 bits per heavy atom. The summed E-state index contributed by atoms with van der Waals surface area (Å²) in [4.78, 5) is 34.5. The summed E-state index contributed by atoms with van der Waals surface area (Å²) in [5, 5.41) is 8.46. The van der Waals surface area contributed by atoms with Gasteiger partial charge in [-0.25, -0.2) is 0 Å². The van der Waals surface area contributed by atoms with Gasteiger partial charge in [0.15, 0.2) is 0 Å². The zero-order valence-electron chi connectivity index (χ0n) is 15.0. The summed E-state index contributed by atoms with van der Waals surface area (Å²) in [6, 6.07) is 0. The van der Waals surface area contributed by atoms with Gasteiger partial charge < -0.3 is 24.4 Å². The van der Waals surface area contributed by atoms with Crippen molar-refractivity contribution < 1.29 is 88.3 Å². The van der Waals surface area contributed by atoms with E-state index in [1.54, 1.807) is 0 Å². The molecule has 0 aliphatic heterocycles. The molecule has 0 heterocycles. The van der Waals surface area contributed by atoms with Crippen LogP contribution in [0.15, 0.2) is 0 Å². The van der Waals surface area contributed by atoms with Crippen LogP contribution in [0.3, 0.4) is 0 Å². The van der Waals surface area contributed by atoms with Crippen molar-refractivity contribution in [2.24, 2.45) is 0 Å². The normalized spacial score (nSPS) is 9.91. The van der Waals surface area contributed by atoms with Gasteiger partial charge in [0.1, 0.15) is 0 Å². The summed E-state index contributed by atoms with van der Waals surface area (Å²) < 4.78 is 8.66. The molecule has 23 heavy (non-hydrogen) atoms. The van der Waals surface area contributed by atoms with Crippen LogP contribution in [0.25, 0.3) is 0 Å². The number of rotatable bonds is 12. The SMILES string of the molecule is CCCCCCCCCCCCCC(=O)O.O=P([O-])([O-])O.[Na+].[Na+]. The predicted molar refractivity (Wildman–Crippen MR) is 78.5 cm³/mol. The van der Waals surface area contributed by atoms with Gasteiger partial charge in [0.2, 0.25) is 0 Å². The Hall–Kier alpha value is 1.58. The van der Waals surface area contributed by atoms with Gasteiger partial charge in [0.25, 0.3) is 0 Å². The van der Waals surface area contributed by atoms with Crippen LogP contribution in [-0.2, 0) is 9.36 Å². The molecule has 128 valence electrons. The number of unbranched alkanes of at least 4 members (excludes halogenated alkanes) is 10. The zero-order valence-corrected chi connectivity index (χ0v) is 19.9. The quantitative estimate of drug-likeness (QED) is 0.210. The Balaban J connectivity index is -0.000000225. The van der Waals surface area contributed by atoms with E-state index < -0.39 is 13.8 Å².